The lowest BCUT2D eigenvalue weighted by molar-refractivity contribution is 0.763. The molecule has 1 aromatic heterocycles. The lowest BCUT2D eigenvalue weighted by atomic mass is 10.1. The molecule has 0 aliphatic rings. The van der Waals surface area contributed by atoms with Gasteiger partial charge in [0.15, 0.2) is 0 Å². The highest BCUT2D eigenvalue weighted by atomic mass is 16.1. The summed E-state index contributed by atoms with van der Waals surface area (Å²) in [6.45, 7) is 4.16. The first-order valence-corrected chi connectivity index (χ1v) is 5.89. The number of unbranched alkanes of at least 4 members (excludes halogenated alkanes) is 1. The van der Waals surface area contributed by atoms with Crippen LogP contribution in [0.2, 0.25) is 0 Å². The van der Waals surface area contributed by atoms with Crippen LogP contribution in [0.1, 0.15) is 37.9 Å². The molecule has 90 valence electrons. The van der Waals surface area contributed by atoms with Crippen LogP contribution in [0.15, 0.2) is 4.79 Å². The Morgan fingerprint density at radius 3 is 2.50 bits per heavy atom. The minimum atomic E-state index is 0.0176. The van der Waals surface area contributed by atoms with Crippen LogP contribution in [0.3, 0.4) is 0 Å². The van der Waals surface area contributed by atoms with Crippen molar-refractivity contribution in [2.45, 2.75) is 39.5 Å². The summed E-state index contributed by atoms with van der Waals surface area (Å²) in [5.41, 5.74) is 1.81. The van der Waals surface area contributed by atoms with Crippen molar-refractivity contribution < 1.29 is 0 Å². The molecule has 0 saturated carbocycles. The highest BCUT2D eigenvalue weighted by Gasteiger charge is 2.10. The van der Waals surface area contributed by atoms with Gasteiger partial charge < -0.3 is 4.90 Å². The van der Waals surface area contributed by atoms with Gasteiger partial charge in [0.2, 0.25) is 5.95 Å². The number of hydrogen-bond acceptors (Lipinski definition) is 3. The quantitative estimate of drug-likeness (QED) is 0.827. The SMILES string of the molecule is CCCCc1c(CC)nc(N(C)C)[nH]c1=O. The van der Waals surface area contributed by atoms with E-state index in [1.54, 1.807) is 0 Å². The first kappa shape index (κ1) is 12.7. The molecule has 0 fully saturated rings. The fourth-order valence-electron chi connectivity index (χ4n) is 1.65. The Morgan fingerprint density at radius 2 is 2.00 bits per heavy atom. The van der Waals surface area contributed by atoms with Crippen molar-refractivity contribution in [2.24, 2.45) is 0 Å². The molecular weight excluding hydrogens is 202 g/mol. The number of rotatable bonds is 5. The first-order valence-electron chi connectivity index (χ1n) is 5.89. The molecule has 0 saturated heterocycles. The second-order valence-corrected chi connectivity index (χ2v) is 4.17. The summed E-state index contributed by atoms with van der Waals surface area (Å²) in [7, 11) is 3.76. The molecule has 0 radical (unpaired) electrons. The van der Waals surface area contributed by atoms with Gasteiger partial charge in [-0.3, -0.25) is 9.78 Å². The van der Waals surface area contributed by atoms with Gasteiger partial charge in [-0.15, -0.1) is 0 Å². The van der Waals surface area contributed by atoms with Crippen molar-refractivity contribution in [3.05, 3.63) is 21.6 Å². The molecule has 0 bridgehead atoms. The maximum atomic E-state index is 11.9. The first-order chi connectivity index (χ1) is 7.60. The van der Waals surface area contributed by atoms with Crippen molar-refractivity contribution >= 4 is 5.95 Å². The third-order valence-corrected chi connectivity index (χ3v) is 2.63. The van der Waals surface area contributed by atoms with Gasteiger partial charge in [0.25, 0.3) is 5.56 Å². The third kappa shape index (κ3) is 2.84. The molecule has 1 N–H and O–H groups in total. The van der Waals surface area contributed by atoms with Crippen LogP contribution >= 0.6 is 0 Å². The van der Waals surface area contributed by atoms with E-state index in [-0.39, 0.29) is 5.56 Å². The third-order valence-electron chi connectivity index (χ3n) is 2.63. The number of H-pyrrole nitrogens is 1. The maximum Gasteiger partial charge on any atom is 0.255 e. The van der Waals surface area contributed by atoms with Gasteiger partial charge in [-0.25, -0.2) is 4.98 Å². The molecule has 1 rings (SSSR count). The Labute approximate surface area is 96.7 Å². The second-order valence-electron chi connectivity index (χ2n) is 4.17. The number of nitrogens with zero attached hydrogens (tertiary/aromatic N) is 2. The molecule has 0 atom stereocenters. The zero-order valence-electron chi connectivity index (χ0n) is 10.6. The van der Waals surface area contributed by atoms with Crippen LogP contribution in [0.25, 0.3) is 0 Å². The van der Waals surface area contributed by atoms with Gasteiger partial charge >= 0.3 is 0 Å². The normalized spacial score (nSPS) is 10.5. The number of aromatic nitrogens is 2. The molecule has 0 aliphatic heterocycles. The van der Waals surface area contributed by atoms with Crippen molar-refractivity contribution in [3.8, 4) is 0 Å². The van der Waals surface area contributed by atoms with Crippen LogP contribution in [-0.2, 0) is 12.8 Å². The summed E-state index contributed by atoms with van der Waals surface area (Å²) >= 11 is 0. The van der Waals surface area contributed by atoms with Gasteiger partial charge in [-0.05, 0) is 19.3 Å². The molecule has 1 aromatic rings. The molecule has 0 spiro atoms. The van der Waals surface area contributed by atoms with Gasteiger partial charge in [0.05, 0.1) is 5.69 Å². The fraction of sp³-hybridized carbons (Fsp3) is 0.667. The Kier molecular flexibility index (Phi) is 4.52. The van der Waals surface area contributed by atoms with Crippen LogP contribution in [0.5, 0.6) is 0 Å². The molecule has 4 nitrogen and oxygen atoms in total. The minimum Gasteiger partial charge on any atom is -0.348 e. The maximum absolute atomic E-state index is 11.9. The van der Waals surface area contributed by atoms with Gasteiger partial charge in [-0.1, -0.05) is 20.3 Å². The summed E-state index contributed by atoms with van der Waals surface area (Å²) < 4.78 is 0. The number of aromatic amines is 1. The van der Waals surface area contributed by atoms with Crippen LogP contribution in [0, 0.1) is 0 Å². The van der Waals surface area contributed by atoms with E-state index in [2.05, 4.69) is 16.9 Å². The predicted octanol–water partition coefficient (Wildman–Crippen LogP) is 1.74. The molecule has 0 unspecified atom stereocenters. The summed E-state index contributed by atoms with van der Waals surface area (Å²) in [4.78, 5) is 21.0. The summed E-state index contributed by atoms with van der Waals surface area (Å²) in [6, 6.07) is 0. The van der Waals surface area contributed by atoms with Crippen molar-refractivity contribution in [1.82, 2.24) is 9.97 Å². The lowest BCUT2D eigenvalue weighted by Gasteiger charge is -2.13. The van der Waals surface area contributed by atoms with Gasteiger partial charge in [-0.2, -0.15) is 0 Å². The van der Waals surface area contributed by atoms with Crippen molar-refractivity contribution in [2.75, 3.05) is 19.0 Å². The molecular formula is C12H21N3O. The smallest absolute Gasteiger partial charge is 0.255 e. The summed E-state index contributed by atoms with van der Waals surface area (Å²) in [5.74, 6) is 0.641. The Hall–Kier alpha value is -1.32. The molecule has 1 heterocycles. The largest absolute Gasteiger partial charge is 0.348 e. The van der Waals surface area contributed by atoms with Crippen LogP contribution in [0.4, 0.5) is 5.95 Å². The number of nitrogens with one attached hydrogen (secondary N) is 1. The molecule has 4 heteroatoms. The summed E-state index contributed by atoms with van der Waals surface area (Å²) in [6.07, 6.45) is 3.77. The Balaban J connectivity index is 3.13. The van der Waals surface area contributed by atoms with Crippen LogP contribution in [-0.4, -0.2) is 24.1 Å². The number of anilines is 1. The fourth-order valence-corrected chi connectivity index (χ4v) is 1.65. The molecule has 0 aromatic carbocycles. The van der Waals surface area contributed by atoms with Crippen molar-refractivity contribution in [1.29, 1.82) is 0 Å². The van der Waals surface area contributed by atoms with E-state index in [0.717, 1.165) is 36.9 Å². The minimum absolute atomic E-state index is 0.0176. The zero-order chi connectivity index (χ0) is 12.1. The van der Waals surface area contributed by atoms with E-state index in [4.69, 9.17) is 0 Å². The Bertz CT molecular complexity index is 396. The highest BCUT2D eigenvalue weighted by molar-refractivity contribution is 5.31. The van der Waals surface area contributed by atoms with Crippen molar-refractivity contribution in [3.63, 3.8) is 0 Å². The number of aryl methyl sites for hydroxylation is 1. The molecule has 0 aliphatic carbocycles. The lowest BCUT2D eigenvalue weighted by Crippen LogP contribution is -2.23. The molecule has 0 amide bonds. The van der Waals surface area contributed by atoms with Crippen LogP contribution < -0.4 is 10.5 Å². The van der Waals surface area contributed by atoms with Gasteiger partial charge in [0.1, 0.15) is 0 Å². The van der Waals surface area contributed by atoms with E-state index in [1.165, 1.54) is 0 Å². The average molecular weight is 223 g/mol. The zero-order valence-corrected chi connectivity index (χ0v) is 10.6. The monoisotopic (exact) mass is 223 g/mol. The predicted molar refractivity (Wildman–Crippen MR) is 67.2 cm³/mol. The standard InChI is InChI=1S/C12H21N3O/c1-5-7-8-9-10(6-2)13-12(15(3)4)14-11(9)16/h5-8H2,1-4H3,(H,13,14,16). The summed E-state index contributed by atoms with van der Waals surface area (Å²) in [5, 5.41) is 0. The van der Waals surface area contributed by atoms with E-state index in [9.17, 15) is 4.79 Å². The van der Waals surface area contributed by atoms with E-state index >= 15 is 0 Å². The van der Waals surface area contributed by atoms with E-state index in [0.29, 0.717) is 5.95 Å². The van der Waals surface area contributed by atoms with E-state index < -0.39 is 0 Å². The topological polar surface area (TPSA) is 49.0 Å². The Morgan fingerprint density at radius 1 is 1.31 bits per heavy atom. The number of hydrogen-bond donors (Lipinski definition) is 1. The highest BCUT2D eigenvalue weighted by Crippen LogP contribution is 2.09. The second kappa shape index (κ2) is 5.68. The molecule has 16 heavy (non-hydrogen) atoms. The van der Waals surface area contributed by atoms with Gasteiger partial charge in [0, 0.05) is 19.7 Å². The van der Waals surface area contributed by atoms with E-state index in [1.807, 2.05) is 25.9 Å². The average Bonchev–Trinajstić information content (AvgIpc) is 2.26.